The lowest BCUT2D eigenvalue weighted by molar-refractivity contribution is -0.151. The molecule has 7 nitrogen and oxygen atoms in total. The van der Waals surface area contributed by atoms with E-state index in [0.29, 0.717) is 18.2 Å². The molecule has 0 saturated heterocycles. The van der Waals surface area contributed by atoms with Gasteiger partial charge in [0, 0.05) is 36.5 Å². The second-order valence-corrected chi connectivity index (χ2v) is 9.10. The van der Waals surface area contributed by atoms with E-state index in [1.54, 1.807) is 37.5 Å². The molecular formula is C22H27Cl2N3O4. The zero-order chi connectivity index (χ0) is 22.6. The molecular weight excluding hydrogens is 441 g/mol. The molecule has 3 amide bonds. The van der Waals surface area contributed by atoms with Gasteiger partial charge in [0.1, 0.15) is 11.5 Å². The molecule has 1 aromatic carbocycles. The van der Waals surface area contributed by atoms with E-state index in [4.69, 9.17) is 33.7 Å². The third-order valence-electron chi connectivity index (χ3n) is 6.02. The third kappa shape index (κ3) is 5.05. The lowest BCUT2D eigenvalue weighted by Gasteiger charge is -2.40. The van der Waals surface area contributed by atoms with Crippen molar-refractivity contribution in [2.75, 3.05) is 32.7 Å². The summed E-state index contributed by atoms with van der Waals surface area (Å²) < 4.78 is 5.23. The Morgan fingerprint density at radius 1 is 1.29 bits per heavy atom. The van der Waals surface area contributed by atoms with Gasteiger partial charge in [-0.15, -0.1) is 11.6 Å². The lowest BCUT2D eigenvalue weighted by atomic mass is 9.76. The second-order valence-electron chi connectivity index (χ2n) is 8.28. The summed E-state index contributed by atoms with van der Waals surface area (Å²) in [6, 6.07) is 5.99. The van der Waals surface area contributed by atoms with E-state index in [0.717, 1.165) is 18.4 Å². The number of alkyl halides is 1. The molecule has 1 fully saturated rings. The fourth-order valence-corrected chi connectivity index (χ4v) is 4.25. The molecule has 0 bridgehead atoms. The number of halogens is 2. The highest BCUT2D eigenvalue weighted by molar-refractivity contribution is 6.30. The van der Waals surface area contributed by atoms with Gasteiger partial charge in [0.2, 0.25) is 17.7 Å². The molecule has 1 aliphatic heterocycles. The van der Waals surface area contributed by atoms with Gasteiger partial charge in [0.05, 0.1) is 6.61 Å². The van der Waals surface area contributed by atoms with E-state index >= 15 is 0 Å². The van der Waals surface area contributed by atoms with Crippen LogP contribution < -0.4 is 11.1 Å². The maximum absolute atomic E-state index is 13.5. The molecule has 2 aliphatic rings. The van der Waals surface area contributed by atoms with E-state index in [1.807, 2.05) is 0 Å². The summed E-state index contributed by atoms with van der Waals surface area (Å²) in [6.07, 6.45) is 5.07. The SMILES string of the molecule is COCC1(CNC(=O)C2C=CC(Cc3ccc(Cl)cc3)(C(N)=O)C(=O)N2CCCl)CC1. The average molecular weight is 468 g/mol. The van der Waals surface area contributed by atoms with Crippen LogP contribution in [0.25, 0.3) is 0 Å². The molecule has 1 heterocycles. The Morgan fingerprint density at radius 3 is 2.52 bits per heavy atom. The monoisotopic (exact) mass is 467 g/mol. The average Bonchev–Trinajstić information content (AvgIpc) is 3.51. The number of methoxy groups -OCH3 is 1. The van der Waals surface area contributed by atoms with Crippen LogP contribution in [0.1, 0.15) is 18.4 Å². The van der Waals surface area contributed by atoms with Gasteiger partial charge in [-0.25, -0.2) is 0 Å². The lowest BCUT2D eigenvalue weighted by Crippen LogP contribution is -2.60. The summed E-state index contributed by atoms with van der Waals surface area (Å²) in [6.45, 7) is 1.16. The highest BCUT2D eigenvalue weighted by Crippen LogP contribution is 2.45. The maximum Gasteiger partial charge on any atom is 0.246 e. The number of hydrogen-bond donors (Lipinski definition) is 2. The quantitative estimate of drug-likeness (QED) is 0.311. The van der Waals surface area contributed by atoms with Crippen molar-refractivity contribution in [1.82, 2.24) is 10.2 Å². The number of ether oxygens (including phenoxy) is 1. The van der Waals surface area contributed by atoms with Crippen molar-refractivity contribution < 1.29 is 19.1 Å². The van der Waals surface area contributed by atoms with Crippen LogP contribution in [0.5, 0.6) is 0 Å². The van der Waals surface area contributed by atoms with Crippen LogP contribution in [0, 0.1) is 10.8 Å². The molecule has 9 heteroatoms. The van der Waals surface area contributed by atoms with E-state index in [1.165, 1.54) is 11.0 Å². The Balaban J connectivity index is 1.83. The summed E-state index contributed by atoms with van der Waals surface area (Å²) in [5.74, 6) is -1.51. The van der Waals surface area contributed by atoms with Gasteiger partial charge in [-0.3, -0.25) is 14.4 Å². The van der Waals surface area contributed by atoms with Crippen molar-refractivity contribution in [2.45, 2.75) is 25.3 Å². The standard InChI is InChI=1S/C22H27Cl2N3O4/c1-31-14-21(8-9-21)13-26-18(28)17-6-7-22(19(25)29,20(30)27(17)11-10-23)12-15-2-4-16(24)5-3-15/h2-7,17H,8-14H2,1H3,(H2,25,29)(H,26,28). The summed E-state index contributed by atoms with van der Waals surface area (Å²) >= 11 is 11.9. The molecule has 168 valence electrons. The van der Waals surface area contributed by atoms with E-state index < -0.39 is 23.3 Å². The number of rotatable bonds is 10. The molecule has 1 aromatic rings. The van der Waals surface area contributed by atoms with Gasteiger partial charge in [-0.2, -0.15) is 0 Å². The zero-order valence-corrected chi connectivity index (χ0v) is 18.9. The van der Waals surface area contributed by atoms with Crippen molar-refractivity contribution in [3.63, 3.8) is 0 Å². The Bertz CT molecular complexity index is 870. The van der Waals surface area contributed by atoms with Crippen molar-refractivity contribution >= 4 is 40.9 Å². The third-order valence-corrected chi connectivity index (χ3v) is 6.44. The summed E-state index contributed by atoms with van der Waals surface area (Å²) in [4.78, 5) is 40.2. The molecule has 1 saturated carbocycles. The minimum atomic E-state index is -1.59. The summed E-state index contributed by atoms with van der Waals surface area (Å²) in [5.41, 5.74) is 4.80. The predicted octanol–water partition coefficient (Wildman–Crippen LogP) is 1.90. The highest BCUT2D eigenvalue weighted by Gasteiger charge is 2.50. The van der Waals surface area contributed by atoms with Crippen molar-refractivity contribution in [2.24, 2.45) is 16.6 Å². The van der Waals surface area contributed by atoms with Crippen LogP contribution in [-0.4, -0.2) is 61.3 Å². The van der Waals surface area contributed by atoms with E-state index in [2.05, 4.69) is 5.32 Å². The number of carbonyl (C=O) groups is 3. The van der Waals surface area contributed by atoms with Gasteiger partial charge in [-0.05, 0) is 37.0 Å². The van der Waals surface area contributed by atoms with Crippen LogP contribution in [-0.2, 0) is 25.5 Å². The Hall–Kier alpha value is -2.09. The molecule has 0 radical (unpaired) electrons. The number of hydrogen-bond acceptors (Lipinski definition) is 4. The number of carbonyl (C=O) groups excluding carboxylic acids is 3. The number of primary amides is 1. The zero-order valence-electron chi connectivity index (χ0n) is 17.4. The maximum atomic E-state index is 13.5. The Morgan fingerprint density at radius 2 is 1.97 bits per heavy atom. The number of benzene rings is 1. The molecule has 31 heavy (non-hydrogen) atoms. The Labute approximate surface area is 191 Å². The fraction of sp³-hybridized carbons (Fsp3) is 0.500. The fourth-order valence-electron chi connectivity index (χ4n) is 3.94. The number of nitrogens with two attached hydrogens (primary N) is 1. The molecule has 3 N–H and O–H groups in total. The first-order valence-corrected chi connectivity index (χ1v) is 11.1. The Kier molecular flexibility index (Phi) is 7.29. The topological polar surface area (TPSA) is 102 Å². The molecule has 0 aromatic heterocycles. The largest absolute Gasteiger partial charge is 0.384 e. The van der Waals surface area contributed by atoms with Crippen molar-refractivity contribution in [3.8, 4) is 0 Å². The van der Waals surface area contributed by atoms with Gasteiger partial charge in [0.25, 0.3) is 0 Å². The predicted molar refractivity (Wildman–Crippen MR) is 119 cm³/mol. The molecule has 2 atom stereocenters. The minimum Gasteiger partial charge on any atom is -0.384 e. The van der Waals surface area contributed by atoms with E-state index in [-0.39, 0.29) is 30.2 Å². The van der Waals surface area contributed by atoms with Gasteiger partial charge < -0.3 is 20.7 Å². The normalized spacial score (nSPS) is 24.2. The second kappa shape index (κ2) is 9.59. The highest BCUT2D eigenvalue weighted by atomic mass is 35.5. The van der Waals surface area contributed by atoms with Crippen LogP contribution >= 0.6 is 23.2 Å². The molecule has 1 aliphatic carbocycles. The van der Waals surface area contributed by atoms with Crippen molar-refractivity contribution in [3.05, 3.63) is 47.0 Å². The van der Waals surface area contributed by atoms with Gasteiger partial charge in [-0.1, -0.05) is 35.9 Å². The molecule has 3 rings (SSSR count). The smallest absolute Gasteiger partial charge is 0.246 e. The number of nitrogens with one attached hydrogen (secondary N) is 1. The summed E-state index contributed by atoms with van der Waals surface area (Å²) in [5, 5.41) is 3.47. The molecule has 2 unspecified atom stereocenters. The minimum absolute atomic E-state index is 0.0321. The molecule has 0 spiro atoms. The first-order chi connectivity index (χ1) is 14.8. The van der Waals surface area contributed by atoms with E-state index in [9.17, 15) is 14.4 Å². The van der Waals surface area contributed by atoms with Crippen LogP contribution in [0.2, 0.25) is 5.02 Å². The van der Waals surface area contributed by atoms with Crippen molar-refractivity contribution in [1.29, 1.82) is 0 Å². The van der Waals surface area contributed by atoms with Gasteiger partial charge >= 0.3 is 0 Å². The first kappa shape index (κ1) is 23.6. The number of amides is 3. The summed E-state index contributed by atoms with van der Waals surface area (Å²) in [7, 11) is 1.64. The number of nitrogens with zero attached hydrogens (tertiary/aromatic N) is 1. The van der Waals surface area contributed by atoms with Crippen LogP contribution in [0.3, 0.4) is 0 Å². The first-order valence-electron chi connectivity index (χ1n) is 10.1. The van der Waals surface area contributed by atoms with Crippen LogP contribution in [0.4, 0.5) is 0 Å². The van der Waals surface area contributed by atoms with Gasteiger partial charge in [0.15, 0.2) is 0 Å². The van der Waals surface area contributed by atoms with Crippen LogP contribution in [0.15, 0.2) is 36.4 Å².